The molecule has 2 atom stereocenters. The minimum atomic E-state index is -0.165. The van der Waals surface area contributed by atoms with E-state index < -0.39 is 0 Å². The predicted octanol–water partition coefficient (Wildman–Crippen LogP) is 0.917. The van der Waals surface area contributed by atoms with Crippen LogP contribution >= 0.6 is 0 Å². The van der Waals surface area contributed by atoms with Crippen LogP contribution in [0.2, 0.25) is 0 Å². The first-order valence-corrected chi connectivity index (χ1v) is 5.48. The molecular weight excluding hydrogens is 186 g/mol. The highest BCUT2D eigenvalue weighted by molar-refractivity contribution is 5.27. The first kappa shape index (κ1) is 10.7. The van der Waals surface area contributed by atoms with Crippen molar-refractivity contribution in [3.05, 3.63) is 42.4 Å². The molecule has 0 aliphatic carbocycles. The third-order valence-electron chi connectivity index (χ3n) is 3.09. The second-order valence-electron chi connectivity index (χ2n) is 4.63. The quantitative estimate of drug-likeness (QED) is 0.673. The summed E-state index contributed by atoms with van der Waals surface area (Å²) in [5, 5.41) is 0. The lowest BCUT2D eigenvalue weighted by Gasteiger charge is -2.40. The number of aryl methyl sites for hydroxylation is 1. The summed E-state index contributed by atoms with van der Waals surface area (Å²) in [6.07, 6.45) is 0. The third-order valence-corrected chi connectivity index (χ3v) is 3.09. The van der Waals surface area contributed by atoms with Crippen molar-refractivity contribution >= 4 is 0 Å². The maximum absolute atomic E-state index is 5.92. The molecule has 0 bridgehead atoms. The highest BCUT2D eigenvalue weighted by Crippen LogP contribution is 2.25. The van der Waals surface area contributed by atoms with Crippen molar-refractivity contribution in [1.82, 2.24) is 0 Å². The van der Waals surface area contributed by atoms with Crippen LogP contribution in [0.4, 0.5) is 0 Å². The van der Waals surface area contributed by atoms with Crippen molar-refractivity contribution in [3.8, 4) is 0 Å². The number of benzene rings is 1. The van der Waals surface area contributed by atoms with E-state index in [1.54, 1.807) is 0 Å². The number of hydrogen-bond acceptors (Lipinski definition) is 1. The van der Waals surface area contributed by atoms with Gasteiger partial charge in [-0.2, -0.15) is 7.05 Å². The zero-order valence-corrected chi connectivity index (χ0v) is 9.55. The Kier molecular flexibility index (Phi) is 2.81. The van der Waals surface area contributed by atoms with Crippen LogP contribution in [0.3, 0.4) is 0 Å². The van der Waals surface area contributed by atoms with Gasteiger partial charge in [-0.3, -0.25) is 0 Å². The fourth-order valence-corrected chi connectivity index (χ4v) is 2.20. The minimum Gasteiger partial charge on any atom is -0.463 e. The Balaban J connectivity index is 2.28. The Morgan fingerprint density at radius 1 is 1.47 bits per heavy atom. The SMILES string of the molecule is [CH2-][NH+]1CCOC(C)(c2cccc(C)c2)C1. The number of ether oxygens (including phenoxy) is 1. The van der Waals surface area contributed by atoms with E-state index in [4.69, 9.17) is 4.74 Å². The van der Waals surface area contributed by atoms with Gasteiger partial charge in [-0.1, -0.05) is 29.8 Å². The molecule has 1 saturated heterocycles. The molecule has 0 spiro atoms. The van der Waals surface area contributed by atoms with E-state index in [2.05, 4.69) is 45.2 Å². The van der Waals surface area contributed by atoms with E-state index in [1.165, 1.54) is 16.0 Å². The molecule has 1 aliphatic heterocycles. The lowest BCUT2D eigenvalue weighted by atomic mass is 9.93. The average Bonchev–Trinajstić information content (AvgIpc) is 2.17. The molecule has 2 unspecified atom stereocenters. The summed E-state index contributed by atoms with van der Waals surface area (Å²) in [7, 11) is 4.08. The molecule has 1 heterocycles. The van der Waals surface area contributed by atoms with Gasteiger partial charge in [0.15, 0.2) is 0 Å². The lowest BCUT2D eigenvalue weighted by Crippen LogP contribution is -3.10. The van der Waals surface area contributed by atoms with Gasteiger partial charge in [0.2, 0.25) is 0 Å². The van der Waals surface area contributed by atoms with Crippen molar-refractivity contribution in [2.45, 2.75) is 19.4 Å². The van der Waals surface area contributed by atoms with Crippen LogP contribution in [0.5, 0.6) is 0 Å². The zero-order chi connectivity index (χ0) is 10.9. The van der Waals surface area contributed by atoms with Crippen LogP contribution in [0, 0.1) is 14.0 Å². The van der Waals surface area contributed by atoms with E-state index in [1.807, 2.05) is 0 Å². The molecule has 1 aromatic carbocycles. The number of morpholine rings is 1. The van der Waals surface area contributed by atoms with Gasteiger partial charge < -0.3 is 9.64 Å². The van der Waals surface area contributed by atoms with Crippen LogP contribution in [0.15, 0.2) is 24.3 Å². The van der Waals surface area contributed by atoms with Gasteiger partial charge in [-0.05, 0) is 19.4 Å². The molecule has 2 heteroatoms. The van der Waals surface area contributed by atoms with Gasteiger partial charge in [-0.25, -0.2) is 0 Å². The molecule has 1 aromatic rings. The van der Waals surface area contributed by atoms with Crippen LogP contribution in [-0.2, 0) is 10.3 Å². The normalized spacial score (nSPS) is 31.5. The van der Waals surface area contributed by atoms with Gasteiger partial charge in [-0.15, -0.1) is 0 Å². The summed E-state index contributed by atoms with van der Waals surface area (Å²) in [5.41, 5.74) is 2.39. The summed E-state index contributed by atoms with van der Waals surface area (Å²) in [6, 6.07) is 8.56. The van der Waals surface area contributed by atoms with Crippen LogP contribution in [-0.4, -0.2) is 19.7 Å². The summed E-state index contributed by atoms with van der Waals surface area (Å²) in [6.45, 7) is 7.01. The number of hydrogen-bond donors (Lipinski definition) is 1. The van der Waals surface area contributed by atoms with Gasteiger partial charge in [0, 0.05) is 0 Å². The minimum absolute atomic E-state index is 0.165. The molecule has 1 aliphatic rings. The highest BCUT2D eigenvalue weighted by Gasteiger charge is 2.33. The van der Waals surface area contributed by atoms with E-state index >= 15 is 0 Å². The molecule has 0 amide bonds. The first-order chi connectivity index (χ1) is 7.10. The summed E-state index contributed by atoms with van der Waals surface area (Å²) >= 11 is 0. The van der Waals surface area contributed by atoms with Crippen molar-refractivity contribution in [3.63, 3.8) is 0 Å². The predicted molar refractivity (Wildman–Crippen MR) is 60.5 cm³/mol. The summed E-state index contributed by atoms with van der Waals surface area (Å²) in [5.74, 6) is 0. The molecule has 15 heavy (non-hydrogen) atoms. The monoisotopic (exact) mass is 205 g/mol. The average molecular weight is 205 g/mol. The van der Waals surface area contributed by atoms with Crippen molar-refractivity contribution in [2.75, 3.05) is 19.7 Å². The first-order valence-electron chi connectivity index (χ1n) is 5.48. The molecule has 0 radical (unpaired) electrons. The van der Waals surface area contributed by atoms with Crippen LogP contribution in [0.1, 0.15) is 18.1 Å². The molecule has 0 saturated carbocycles. The summed E-state index contributed by atoms with van der Waals surface area (Å²) < 4.78 is 5.92. The van der Waals surface area contributed by atoms with Crippen molar-refractivity contribution < 1.29 is 9.64 Å². The van der Waals surface area contributed by atoms with Crippen LogP contribution in [0.25, 0.3) is 0 Å². The Hall–Kier alpha value is -0.860. The molecular formula is C13H19NO. The Morgan fingerprint density at radius 2 is 2.27 bits per heavy atom. The lowest BCUT2D eigenvalue weighted by molar-refractivity contribution is -0.873. The summed E-state index contributed by atoms with van der Waals surface area (Å²) in [4.78, 5) is 1.30. The highest BCUT2D eigenvalue weighted by atomic mass is 16.5. The smallest absolute Gasteiger partial charge is 0.137 e. The fraction of sp³-hybridized carbons (Fsp3) is 0.462. The molecule has 1 fully saturated rings. The van der Waals surface area contributed by atoms with Gasteiger partial charge in [0.05, 0.1) is 19.7 Å². The Bertz CT molecular complexity index is 350. The molecule has 2 rings (SSSR count). The maximum atomic E-state index is 5.92. The molecule has 2 nitrogen and oxygen atoms in total. The number of rotatable bonds is 1. The number of nitrogens with one attached hydrogen (secondary N) is 1. The van der Waals surface area contributed by atoms with Crippen molar-refractivity contribution in [2.24, 2.45) is 0 Å². The fourth-order valence-electron chi connectivity index (χ4n) is 2.20. The van der Waals surface area contributed by atoms with Gasteiger partial charge in [0.1, 0.15) is 5.60 Å². The van der Waals surface area contributed by atoms with Gasteiger partial charge >= 0.3 is 0 Å². The second-order valence-corrected chi connectivity index (χ2v) is 4.63. The van der Waals surface area contributed by atoms with E-state index in [0.717, 1.165) is 19.7 Å². The van der Waals surface area contributed by atoms with E-state index in [-0.39, 0.29) is 5.60 Å². The second kappa shape index (κ2) is 3.95. The topological polar surface area (TPSA) is 13.7 Å². The standard InChI is InChI=1S/C13H19NO/c1-11-5-4-6-12(9-11)13(2)10-14(3)7-8-15-13/h4-6,9,14H,3,7-8,10H2,1-2H3. The molecule has 0 aromatic heterocycles. The van der Waals surface area contributed by atoms with Crippen LogP contribution < -0.4 is 4.90 Å². The molecule has 82 valence electrons. The number of quaternary nitrogens is 1. The van der Waals surface area contributed by atoms with E-state index in [9.17, 15) is 0 Å². The van der Waals surface area contributed by atoms with Crippen molar-refractivity contribution in [1.29, 1.82) is 0 Å². The maximum Gasteiger partial charge on any atom is 0.137 e. The zero-order valence-electron chi connectivity index (χ0n) is 9.55. The Labute approximate surface area is 91.9 Å². The largest absolute Gasteiger partial charge is 0.463 e. The van der Waals surface area contributed by atoms with E-state index in [0.29, 0.717) is 0 Å². The third kappa shape index (κ3) is 2.21. The Morgan fingerprint density at radius 3 is 2.93 bits per heavy atom. The van der Waals surface area contributed by atoms with Gasteiger partial charge in [0.25, 0.3) is 0 Å². The molecule has 1 N–H and O–H groups in total.